The van der Waals surface area contributed by atoms with Crippen molar-refractivity contribution in [1.29, 1.82) is 0 Å². The molecular weight excluding hydrogens is 289 g/mol. The Hall–Kier alpha value is -0.640. The van der Waals surface area contributed by atoms with Crippen LogP contribution in [-0.4, -0.2) is 26.3 Å². The van der Waals surface area contributed by atoms with Gasteiger partial charge in [0.15, 0.2) is 0 Å². The van der Waals surface area contributed by atoms with E-state index in [1.54, 1.807) is 6.07 Å². The van der Waals surface area contributed by atoms with E-state index in [2.05, 4.69) is 19.2 Å². The molecule has 2 nitrogen and oxygen atoms in total. The molecule has 1 saturated heterocycles. The van der Waals surface area contributed by atoms with Gasteiger partial charge in [0.2, 0.25) is 0 Å². The average Bonchev–Trinajstić information content (AvgIpc) is 2.44. The van der Waals surface area contributed by atoms with E-state index in [-0.39, 0.29) is 16.3 Å². The molecule has 1 atom stereocenters. The molecule has 21 heavy (non-hydrogen) atoms. The molecule has 118 valence electrons. The summed E-state index contributed by atoms with van der Waals surface area (Å²) in [5.41, 5.74) is 0.901. The number of hydrogen-bond donors (Lipinski definition) is 1. The van der Waals surface area contributed by atoms with Crippen LogP contribution < -0.4 is 5.32 Å². The number of benzene rings is 1. The Morgan fingerprint density at radius 3 is 2.90 bits per heavy atom. The Bertz CT molecular complexity index is 458. The van der Waals surface area contributed by atoms with Gasteiger partial charge in [0, 0.05) is 18.6 Å². The minimum Gasteiger partial charge on any atom is -0.381 e. The molecule has 1 heterocycles. The molecule has 0 aliphatic carbocycles. The molecule has 1 aliphatic rings. The zero-order valence-electron chi connectivity index (χ0n) is 12.9. The molecule has 1 N–H and O–H groups in total. The van der Waals surface area contributed by atoms with Crippen LogP contribution in [0.15, 0.2) is 18.2 Å². The molecule has 4 heteroatoms. The van der Waals surface area contributed by atoms with E-state index in [0.717, 1.165) is 44.5 Å². The third kappa shape index (κ3) is 4.67. The Kier molecular flexibility index (Phi) is 6.03. The summed E-state index contributed by atoms with van der Waals surface area (Å²) < 4.78 is 19.3. The van der Waals surface area contributed by atoms with E-state index in [4.69, 9.17) is 16.3 Å². The first-order valence-corrected chi connectivity index (χ1v) is 8.12. The second kappa shape index (κ2) is 7.57. The van der Waals surface area contributed by atoms with Gasteiger partial charge in [-0.05, 0) is 43.4 Å². The summed E-state index contributed by atoms with van der Waals surface area (Å²) in [6.07, 6.45) is 2.90. The van der Waals surface area contributed by atoms with Crippen LogP contribution >= 0.6 is 11.6 Å². The molecule has 0 amide bonds. The topological polar surface area (TPSA) is 21.3 Å². The highest BCUT2D eigenvalue weighted by atomic mass is 35.5. The zero-order chi connectivity index (χ0) is 15.3. The van der Waals surface area contributed by atoms with Crippen LogP contribution in [0.2, 0.25) is 5.02 Å². The first kappa shape index (κ1) is 16.7. The Morgan fingerprint density at radius 2 is 2.24 bits per heavy atom. The smallest absolute Gasteiger partial charge is 0.142 e. The molecule has 1 fully saturated rings. The quantitative estimate of drug-likeness (QED) is 0.855. The van der Waals surface area contributed by atoms with Crippen molar-refractivity contribution in [3.8, 4) is 0 Å². The van der Waals surface area contributed by atoms with Gasteiger partial charge >= 0.3 is 0 Å². The third-order valence-electron chi connectivity index (χ3n) is 4.05. The van der Waals surface area contributed by atoms with Gasteiger partial charge < -0.3 is 10.1 Å². The predicted octanol–water partition coefficient (Wildman–Crippen LogP) is 4.06. The second-order valence-corrected chi connectivity index (χ2v) is 6.95. The maximum Gasteiger partial charge on any atom is 0.142 e. The van der Waals surface area contributed by atoms with E-state index >= 15 is 0 Å². The van der Waals surface area contributed by atoms with Crippen LogP contribution in [0.25, 0.3) is 0 Å². The standard InChI is InChI=1S/C17H25ClFNO/c1-13(2)10-20-11-17(7-4-8-21-12-17)9-14-5-3-6-15(19)16(14)18/h3,5-6,13,20H,4,7-12H2,1-2H3. The van der Waals surface area contributed by atoms with Gasteiger partial charge in [-0.25, -0.2) is 4.39 Å². The molecular formula is C17H25ClFNO. The monoisotopic (exact) mass is 313 g/mol. The van der Waals surface area contributed by atoms with Crippen molar-refractivity contribution in [3.63, 3.8) is 0 Å². The van der Waals surface area contributed by atoms with Crippen LogP contribution in [0.3, 0.4) is 0 Å². The number of ether oxygens (including phenoxy) is 1. The second-order valence-electron chi connectivity index (χ2n) is 6.57. The number of rotatable bonds is 6. The summed E-state index contributed by atoms with van der Waals surface area (Å²) in [4.78, 5) is 0. The molecule has 1 aromatic rings. The highest BCUT2D eigenvalue weighted by molar-refractivity contribution is 6.31. The highest BCUT2D eigenvalue weighted by Gasteiger charge is 2.33. The average molecular weight is 314 g/mol. The summed E-state index contributed by atoms with van der Waals surface area (Å²) in [7, 11) is 0. The van der Waals surface area contributed by atoms with Crippen molar-refractivity contribution in [2.45, 2.75) is 33.1 Å². The lowest BCUT2D eigenvalue weighted by Crippen LogP contribution is -2.43. The summed E-state index contributed by atoms with van der Waals surface area (Å²) in [6.45, 7) is 7.80. The van der Waals surface area contributed by atoms with Crippen molar-refractivity contribution >= 4 is 11.6 Å². The van der Waals surface area contributed by atoms with Crippen molar-refractivity contribution in [2.75, 3.05) is 26.3 Å². The fourth-order valence-electron chi connectivity index (χ4n) is 2.97. The minimum absolute atomic E-state index is 0.0184. The Balaban J connectivity index is 2.10. The first-order chi connectivity index (χ1) is 10.0. The number of nitrogens with one attached hydrogen (secondary N) is 1. The summed E-state index contributed by atoms with van der Waals surface area (Å²) in [5, 5.41) is 3.79. The van der Waals surface area contributed by atoms with E-state index < -0.39 is 0 Å². The Morgan fingerprint density at radius 1 is 1.43 bits per heavy atom. The van der Waals surface area contributed by atoms with Crippen LogP contribution in [0, 0.1) is 17.2 Å². The summed E-state index contributed by atoms with van der Waals surface area (Å²) >= 11 is 6.12. The molecule has 0 radical (unpaired) electrons. The molecule has 0 saturated carbocycles. The Labute approximate surface area is 132 Å². The van der Waals surface area contributed by atoms with Crippen LogP contribution in [0.1, 0.15) is 32.3 Å². The lowest BCUT2D eigenvalue weighted by Gasteiger charge is -2.38. The first-order valence-electron chi connectivity index (χ1n) is 7.74. The van der Waals surface area contributed by atoms with E-state index in [9.17, 15) is 4.39 Å². The molecule has 1 unspecified atom stereocenters. The maximum absolute atomic E-state index is 13.6. The van der Waals surface area contributed by atoms with Crippen LogP contribution in [0.5, 0.6) is 0 Å². The largest absolute Gasteiger partial charge is 0.381 e. The van der Waals surface area contributed by atoms with E-state index in [1.807, 2.05) is 6.07 Å². The van der Waals surface area contributed by atoms with Crippen molar-refractivity contribution < 1.29 is 9.13 Å². The maximum atomic E-state index is 13.6. The number of halogens is 2. The molecule has 0 aromatic heterocycles. The normalized spacial score (nSPS) is 22.7. The van der Waals surface area contributed by atoms with Crippen LogP contribution in [-0.2, 0) is 11.2 Å². The lowest BCUT2D eigenvalue weighted by molar-refractivity contribution is -0.00740. The highest BCUT2D eigenvalue weighted by Crippen LogP contribution is 2.34. The molecule has 1 aromatic carbocycles. The lowest BCUT2D eigenvalue weighted by atomic mass is 9.77. The van der Waals surface area contributed by atoms with Gasteiger partial charge in [-0.3, -0.25) is 0 Å². The van der Waals surface area contributed by atoms with Crippen molar-refractivity contribution in [2.24, 2.45) is 11.3 Å². The molecule has 0 bridgehead atoms. The van der Waals surface area contributed by atoms with Gasteiger partial charge in [-0.1, -0.05) is 37.6 Å². The third-order valence-corrected chi connectivity index (χ3v) is 4.48. The van der Waals surface area contributed by atoms with E-state index in [1.165, 1.54) is 6.07 Å². The van der Waals surface area contributed by atoms with Gasteiger partial charge in [0.1, 0.15) is 5.82 Å². The van der Waals surface area contributed by atoms with Gasteiger partial charge in [-0.15, -0.1) is 0 Å². The van der Waals surface area contributed by atoms with E-state index in [0.29, 0.717) is 12.5 Å². The minimum atomic E-state index is -0.337. The number of hydrogen-bond acceptors (Lipinski definition) is 2. The summed E-state index contributed by atoms with van der Waals surface area (Å²) in [5.74, 6) is 0.278. The zero-order valence-corrected chi connectivity index (χ0v) is 13.7. The molecule has 0 spiro atoms. The van der Waals surface area contributed by atoms with Gasteiger partial charge in [0.25, 0.3) is 0 Å². The molecule has 1 aliphatic heterocycles. The fraction of sp³-hybridized carbons (Fsp3) is 0.647. The van der Waals surface area contributed by atoms with Gasteiger partial charge in [-0.2, -0.15) is 0 Å². The van der Waals surface area contributed by atoms with Crippen molar-refractivity contribution in [3.05, 3.63) is 34.6 Å². The van der Waals surface area contributed by atoms with Crippen LogP contribution in [0.4, 0.5) is 4.39 Å². The molecule has 2 rings (SSSR count). The SMILES string of the molecule is CC(C)CNCC1(Cc2cccc(F)c2Cl)CCCOC1. The van der Waals surface area contributed by atoms with Crippen molar-refractivity contribution in [1.82, 2.24) is 5.32 Å². The summed E-state index contributed by atoms with van der Waals surface area (Å²) in [6, 6.07) is 5.06. The van der Waals surface area contributed by atoms with Gasteiger partial charge in [0.05, 0.1) is 11.6 Å². The fourth-order valence-corrected chi connectivity index (χ4v) is 3.16. The predicted molar refractivity (Wildman–Crippen MR) is 85.3 cm³/mol.